The highest BCUT2D eigenvalue weighted by molar-refractivity contribution is 7.92. The molecule has 7 nitrogen and oxygen atoms in total. The molecule has 1 aliphatic heterocycles. The SMILES string of the molecule is COCC(=O)N1CCCc2ccc(NS(=O)(=O)c3cc(C)c(C)cc3OC)cc21. The predicted octanol–water partition coefficient (Wildman–Crippen LogP) is 3.04. The van der Waals surface area contributed by atoms with Crippen LogP contribution in [0, 0.1) is 13.8 Å². The molecular formula is C21H26N2O5S. The molecule has 8 heteroatoms. The number of anilines is 2. The summed E-state index contributed by atoms with van der Waals surface area (Å²) in [5.74, 6) is 0.139. The maximum atomic E-state index is 13.0. The lowest BCUT2D eigenvalue weighted by atomic mass is 10.0. The fraction of sp³-hybridized carbons (Fsp3) is 0.381. The number of carbonyl (C=O) groups excluding carboxylic acids is 1. The number of aryl methyl sites for hydroxylation is 3. The first-order valence-corrected chi connectivity index (χ1v) is 10.9. The average molecular weight is 419 g/mol. The maximum absolute atomic E-state index is 13.0. The van der Waals surface area contributed by atoms with Crippen molar-refractivity contribution < 1.29 is 22.7 Å². The highest BCUT2D eigenvalue weighted by atomic mass is 32.2. The lowest BCUT2D eigenvalue weighted by Crippen LogP contribution is -2.37. The molecule has 1 heterocycles. The number of fused-ring (bicyclic) bond motifs is 1. The van der Waals surface area contributed by atoms with E-state index in [1.54, 1.807) is 29.2 Å². The Morgan fingerprint density at radius 3 is 2.55 bits per heavy atom. The van der Waals surface area contributed by atoms with E-state index in [1.165, 1.54) is 14.2 Å². The molecule has 0 spiro atoms. The Labute approximate surface area is 171 Å². The van der Waals surface area contributed by atoms with Crippen LogP contribution in [-0.4, -0.2) is 41.7 Å². The second-order valence-corrected chi connectivity index (χ2v) is 8.77. The summed E-state index contributed by atoms with van der Waals surface area (Å²) in [5, 5.41) is 0. The van der Waals surface area contributed by atoms with Crippen LogP contribution >= 0.6 is 0 Å². The van der Waals surface area contributed by atoms with E-state index < -0.39 is 10.0 Å². The van der Waals surface area contributed by atoms with Crippen LogP contribution in [0.3, 0.4) is 0 Å². The Balaban J connectivity index is 1.96. The molecule has 1 aliphatic rings. The van der Waals surface area contributed by atoms with Crippen molar-refractivity contribution in [3.63, 3.8) is 0 Å². The normalized spacial score (nSPS) is 13.7. The molecule has 2 aromatic rings. The number of benzene rings is 2. The van der Waals surface area contributed by atoms with Gasteiger partial charge in [0.15, 0.2) is 0 Å². The molecule has 0 atom stereocenters. The van der Waals surface area contributed by atoms with Gasteiger partial charge in [-0.2, -0.15) is 0 Å². The Kier molecular flexibility index (Phi) is 6.14. The number of sulfonamides is 1. The summed E-state index contributed by atoms with van der Waals surface area (Å²) >= 11 is 0. The maximum Gasteiger partial charge on any atom is 0.265 e. The van der Waals surface area contributed by atoms with Gasteiger partial charge in [-0.3, -0.25) is 9.52 Å². The zero-order chi connectivity index (χ0) is 21.2. The monoisotopic (exact) mass is 418 g/mol. The molecule has 156 valence electrons. The van der Waals surface area contributed by atoms with Gasteiger partial charge in [-0.25, -0.2) is 8.42 Å². The number of rotatable bonds is 6. The summed E-state index contributed by atoms with van der Waals surface area (Å²) in [5.41, 5.74) is 3.91. The Morgan fingerprint density at radius 1 is 1.14 bits per heavy atom. The van der Waals surface area contributed by atoms with Gasteiger partial charge in [0.2, 0.25) is 0 Å². The molecule has 29 heavy (non-hydrogen) atoms. The van der Waals surface area contributed by atoms with Crippen molar-refractivity contribution in [3.05, 3.63) is 47.0 Å². The van der Waals surface area contributed by atoms with E-state index in [-0.39, 0.29) is 23.2 Å². The summed E-state index contributed by atoms with van der Waals surface area (Å²) in [6.45, 7) is 4.31. The number of hydrogen-bond donors (Lipinski definition) is 1. The Bertz CT molecular complexity index is 1030. The van der Waals surface area contributed by atoms with Crippen molar-refractivity contribution in [2.45, 2.75) is 31.6 Å². The summed E-state index contributed by atoms with van der Waals surface area (Å²) < 4.78 is 39.0. The van der Waals surface area contributed by atoms with Crippen LogP contribution < -0.4 is 14.4 Å². The molecule has 0 saturated heterocycles. The number of methoxy groups -OCH3 is 2. The van der Waals surface area contributed by atoms with Gasteiger partial charge in [-0.15, -0.1) is 0 Å². The second-order valence-electron chi connectivity index (χ2n) is 7.12. The van der Waals surface area contributed by atoms with Crippen molar-refractivity contribution >= 4 is 27.3 Å². The van der Waals surface area contributed by atoms with Gasteiger partial charge in [0.05, 0.1) is 12.8 Å². The molecule has 0 fully saturated rings. The molecule has 1 amide bonds. The molecule has 0 aliphatic carbocycles. The average Bonchev–Trinajstić information content (AvgIpc) is 2.69. The predicted molar refractivity (Wildman–Crippen MR) is 112 cm³/mol. The minimum atomic E-state index is -3.87. The van der Waals surface area contributed by atoms with E-state index in [1.807, 2.05) is 19.9 Å². The third kappa shape index (κ3) is 4.38. The van der Waals surface area contributed by atoms with Crippen LogP contribution in [0.25, 0.3) is 0 Å². The zero-order valence-electron chi connectivity index (χ0n) is 17.1. The van der Waals surface area contributed by atoms with Gasteiger partial charge in [0, 0.05) is 19.3 Å². The van der Waals surface area contributed by atoms with E-state index >= 15 is 0 Å². The molecule has 0 saturated carbocycles. The number of amides is 1. The molecule has 0 unspecified atom stereocenters. The van der Waals surface area contributed by atoms with Crippen molar-refractivity contribution in [1.29, 1.82) is 0 Å². The largest absolute Gasteiger partial charge is 0.495 e. The Morgan fingerprint density at radius 2 is 1.86 bits per heavy atom. The van der Waals surface area contributed by atoms with Gasteiger partial charge in [-0.1, -0.05) is 6.07 Å². The first kappa shape index (κ1) is 21.1. The van der Waals surface area contributed by atoms with Gasteiger partial charge >= 0.3 is 0 Å². The quantitative estimate of drug-likeness (QED) is 0.779. The van der Waals surface area contributed by atoms with E-state index in [0.29, 0.717) is 17.9 Å². The summed E-state index contributed by atoms with van der Waals surface area (Å²) in [6, 6.07) is 8.59. The lowest BCUT2D eigenvalue weighted by Gasteiger charge is -2.30. The minimum absolute atomic E-state index is 0.0186. The van der Waals surface area contributed by atoms with Crippen molar-refractivity contribution in [2.75, 3.05) is 37.0 Å². The van der Waals surface area contributed by atoms with Gasteiger partial charge in [0.1, 0.15) is 17.3 Å². The fourth-order valence-corrected chi connectivity index (χ4v) is 4.73. The minimum Gasteiger partial charge on any atom is -0.495 e. The standard InChI is InChI=1S/C21H26N2O5S/c1-14-10-19(28-4)20(11-15(14)2)29(25,26)22-17-8-7-16-6-5-9-23(18(16)12-17)21(24)13-27-3/h7-8,10-12,22H,5-6,9,13H2,1-4H3. The highest BCUT2D eigenvalue weighted by Crippen LogP contribution is 2.33. The third-order valence-corrected chi connectivity index (χ3v) is 6.50. The van der Waals surface area contributed by atoms with E-state index in [9.17, 15) is 13.2 Å². The van der Waals surface area contributed by atoms with E-state index in [4.69, 9.17) is 9.47 Å². The number of nitrogens with one attached hydrogen (secondary N) is 1. The lowest BCUT2D eigenvalue weighted by molar-refractivity contribution is -0.122. The molecule has 3 rings (SSSR count). The highest BCUT2D eigenvalue weighted by Gasteiger charge is 2.25. The van der Waals surface area contributed by atoms with Crippen LogP contribution in [0.15, 0.2) is 35.2 Å². The van der Waals surface area contributed by atoms with Crippen LogP contribution in [0.4, 0.5) is 11.4 Å². The molecular weight excluding hydrogens is 392 g/mol. The molecule has 1 N–H and O–H groups in total. The fourth-order valence-electron chi connectivity index (χ4n) is 3.44. The summed E-state index contributed by atoms with van der Waals surface area (Å²) in [4.78, 5) is 14.1. The van der Waals surface area contributed by atoms with Gasteiger partial charge in [-0.05, 0) is 67.6 Å². The van der Waals surface area contributed by atoms with Crippen molar-refractivity contribution in [2.24, 2.45) is 0 Å². The first-order chi connectivity index (χ1) is 13.8. The summed E-state index contributed by atoms with van der Waals surface area (Å²) in [6.07, 6.45) is 1.69. The number of hydrogen-bond acceptors (Lipinski definition) is 5. The number of ether oxygens (including phenoxy) is 2. The Hall–Kier alpha value is -2.58. The smallest absolute Gasteiger partial charge is 0.265 e. The van der Waals surface area contributed by atoms with Crippen molar-refractivity contribution in [1.82, 2.24) is 0 Å². The van der Waals surface area contributed by atoms with E-state index in [2.05, 4.69) is 4.72 Å². The number of carbonyl (C=O) groups is 1. The van der Waals surface area contributed by atoms with Crippen LogP contribution in [-0.2, 0) is 26.0 Å². The van der Waals surface area contributed by atoms with Crippen molar-refractivity contribution in [3.8, 4) is 5.75 Å². The third-order valence-electron chi connectivity index (χ3n) is 5.09. The second kappa shape index (κ2) is 8.42. The molecule has 2 aromatic carbocycles. The summed E-state index contributed by atoms with van der Waals surface area (Å²) in [7, 11) is -0.951. The molecule has 0 aromatic heterocycles. The van der Waals surface area contributed by atoms with E-state index in [0.717, 1.165) is 29.5 Å². The first-order valence-electron chi connectivity index (χ1n) is 9.37. The molecule has 0 bridgehead atoms. The molecule has 0 radical (unpaired) electrons. The van der Waals surface area contributed by atoms with Crippen LogP contribution in [0.1, 0.15) is 23.1 Å². The van der Waals surface area contributed by atoms with Gasteiger partial charge in [0.25, 0.3) is 15.9 Å². The van der Waals surface area contributed by atoms with Crippen LogP contribution in [0.2, 0.25) is 0 Å². The van der Waals surface area contributed by atoms with Crippen LogP contribution in [0.5, 0.6) is 5.75 Å². The number of nitrogens with zero attached hydrogens (tertiary/aromatic N) is 1. The topological polar surface area (TPSA) is 84.9 Å². The zero-order valence-corrected chi connectivity index (χ0v) is 17.9. The van der Waals surface area contributed by atoms with Gasteiger partial charge < -0.3 is 14.4 Å².